The molecule has 6 nitrogen and oxygen atoms in total. The standard InChI is InChI=1S/C20H25N3O3/c1-3-9-23(10-4-2)19-12-16(7-8-21-19)20(24)22-13-15-5-6-17-18(11-15)26-14-25-17/h5-8,11-12H,3-4,9-10,13-14H2,1-2H3,(H,22,24). The van der Waals surface area contributed by atoms with E-state index in [4.69, 9.17) is 9.47 Å². The van der Waals surface area contributed by atoms with E-state index >= 15 is 0 Å². The fourth-order valence-corrected chi connectivity index (χ4v) is 2.95. The van der Waals surface area contributed by atoms with Gasteiger partial charge in [-0.2, -0.15) is 0 Å². The van der Waals surface area contributed by atoms with Gasteiger partial charge in [0.05, 0.1) is 0 Å². The quantitative estimate of drug-likeness (QED) is 0.787. The van der Waals surface area contributed by atoms with Gasteiger partial charge < -0.3 is 19.7 Å². The third kappa shape index (κ3) is 4.25. The average Bonchev–Trinajstić information content (AvgIpc) is 3.14. The van der Waals surface area contributed by atoms with E-state index in [0.29, 0.717) is 12.1 Å². The maximum absolute atomic E-state index is 12.5. The van der Waals surface area contributed by atoms with Crippen LogP contribution in [-0.2, 0) is 6.54 Å². The topological polar surface area (TPSA) is 63.7 Å². The first-order valence-electron chi connectivity index (χ1n) is 9.09. The monoisotopic (exact) mass is 355 g/mol. The molecule has 0 bridgehead atoms. The highest BCUT2D eigenvalue weighted by Crippen LogP contribution is 2.32. The molecule has 1 N–H and O–H groups in total. The average molecular weight is 355 g/mol. The number of nitrogens with zero attached hydrogens (tertiary/aromatic N) is 2. The van der Waals surface area contributed by atoms with Gasteiger partial charge in [-0.3, -0.25) is 4.79 Å². The summed E-state index contributed by atoms with van der Waals surface area (Å²) in [5.74, 6) is 2.20. The van der Waals surface area contributed by atoms with E-state index in [1.54, 1.807) is 12.3 Å². The van der Waals surface area contributed by atoms with E-state index in [1.807, 2.05) is 24.3 Å². The van der Waals surface area contributed by atoms with Crippen LogP contribution in [0.3, 0.4) is 0 Å². The minimum Gasteiger partial charge on any atom is -0.454 e. The number of aromatic nitrogens is 1. The van der Waals surface area contributed by atoms with E-state index in [2.05, 4.69) is 29.0 Å². The van der Waals surface area contributed by atoms with Crippen LogP contribution in [0.2, 0.25) is 0 Å². The van der Waals surface area contributed by atoms with Gasteiger partial charge in [-0.1, -0.05) is 19.9 Å². The molecule has 0 unspecified atom stereocenters. The zero-order chi connectivity index (χ0) is 18.4. The predicted octanol–water partition coefficient (Wildman–Crippen LogP) is 3.37. The summed E-state index contributed by atoms with van der Waals surface area (Å²) in [7, 11) is 0. The van der Waals surface area contributed by atoms with Crippen molar-refractivity contribution < 1.29 is 14.3 Å². The maximum atomic E-state index is 12.5. The highest BCUT2D eigenvalue weighted by atomic mass is 16.7. The van der Waals surface area contributed by atoms with Gasteiger partial charge in [0.2, 0.25) is 6.79 Å². The Kier molecular flexibility index (Phi) is 5.94. The number of nitrogens with one attached hydrogen (secondary N) is 1. The summed E-state index contributed by atoms with van der Waals surface area (Å²) in [6, 6.07) is 9.29. The first-order chi connectivity index (χ1) is 12.7. The van der Waals surface area contributed by atoms with Crippen LogP contribution in [0.15, 0.2) is 36.5 Å². The summed E-state index contributed by atoms with van der Waals surface area (Å²) < 4.78 is 10.7. The molecule has 0 aliphatic carbocycles. The highest BCUT2D eigenvalue weighted by molar-refractivity contribution is 5.94. The van der Waals surface area contributed by atoms with Crippen LogP contribution in [-0.4, -0.2) is 30.8 Å². The molecule has 3 rings (SSSR count). The van der Waals surface area contributed by atoms with Gasteiger partial charge >= 0.3 is 0 Å². The van der Waals surface area contributed by atoms with Crippen molar-refractivity contribution in [2.24, 2.45) is 0 Å². The number of amides is 1. The Labute approximate surface area is 154 Å². The molecule has 0 saturated carbocycles. The summed E-state index contributed by atoms with van der Waals surface area (Å²) in [6.07, 6.45) is 3.79. The maximum Gasteiger partial charge on any atom is 0.251 e. The zero-order valence-corrected chi connectivity index (χ0v) is 15.3. The van der Waals surface area contributed by atoms with E-state index in [0.717, 1.165) is 48.8 Å². The number of ether oxygens (including phenoxy) is 2. The lowest BCUT2D eigenvalue weighted by Crippen LogP contribution is -2.27. The van der Waals surface area contributed by atoms with Crippen LogP contribution in [0.1, 0.15) is 42.6 Å². The van der Waals surface area contributed by atoms with Gasteiger partial charge in [0.15, 0.2) is 11.5 Å². The minimum atomic E-state index is -0.112. The number of hydrogen-bond donors (Lipinski definition) is 1. The molecule has 1 aromatic carbocycles. The second kappa shape index (κ2) is 8.56. The first-order valence-corrected chi connectivity index (χ1v) is 9.09. The van der Waals surface area contributed by atoms with Crippen molar-refractivity contribution in [2.45, 2.75) is 33.2 Å². The SMILES string of the molecule is CCCN(CCC)c1cc(C(=O)NCc2ccc3c(c2)OCO3)ccn1. The van der Waals surface area contributed by atoms with Gasteiger partial charge in [0.25, 0.3) is 5.91 Å². The summed E-state index contributed by atoms with van der Waals surface area (Å²) in [4.78, 5) is 19.2. The molecule has 1 aromatic heterocycles. The van der Waals surface area contributed by atoms with Gasteiger partial charge in [-0.25, -0.2) is 4.98 Å². The Morgan fingerprint density at radius 2 is 1.88 bits per heavy atom. The molecule has 0 radical (unpaired) electrons. The Morgan fingerprint density at radius 1 is 1.12 bits per heavy atom. The van der Waals surface area contributed by atoms with Gasteiger partial charge in [0.1, 0.15) is 5.82 Å². The Morgan fingerprint density at radius 3 is 2.65 bits per heavy atom. The van der Waals surface area contributed by atoms with Crippen LogP contribution < -0.4 is 19.7 Å². The molecule has 6 heteroatoms. The number of fused-ring (bicyclic) bond motifs is 1. The van der Waals surface area contributed by atoms with E-state index in [-0.39, 0.29) is 12.7 Å². The number of carbonyl (C=O) groups excluding carboxylic acids is 1. The molecule has 2 heterocycles. The lowest BCUT2D eigenvalue weighted by molar-refractivity contribution is 0.0950. The fraction of sp³-hybridized carbons (Fsp3) is 0.400. The highest BCUT2D eigenvalue weighted by Gasteiger charge is 2.14. The fourth-order valence-electron chi connectivity index (χ4n) is 2.95. The molecule has 0 atom stereocenters. The Hall–Kier alpha value is -2.76. The number of rotatable bonds is 8. The van der Waals surface area contributed by atoms with Crippen molar-refractivity contribution in [3.05, 3.63) is 47.7 Å². The molecule has 0 spiro atoms. The zero-order valence-electron chi connectivity index (χ0n) is 15.3. The molecular weight excluding hydrogens is 330 g/mol. The lowest BCUT2D eigenvalue weighted by Gasteiger charge is -2.22. The Balaban J connectivity index is 1.65. The number of carbonyl (C=O) groups is 1. The molecule has 1 aliphatic rings. The Bertz CT molecular complexity index is 758. The summed E-state index contributed by atoms with van der Waals surface area (Å²) >= 11 is 0. The van der Waals surface area contributed by atoms with Crippen LogP contribution in [0.25, 0.3) is 0 Å². The van der Waals surface area contributed by atoms with Crippen molar-refractivity contribution >= 4 is 11.7 Å². The molecule has 1 aliphatic heterocycles. The summed E-state index contributed by atoms with van der Waals surface area (Å²) in [5.41, 5.74) is 1.59. The molecule has 138 valence electrons. The molecule has 1 amide bonds. The summed E-state index contributed by atoms with van der Waals surface area (Å²) in [6.45, 7) is 6.83. The van der Waals surface area contributed by atoms with Crippen LogP contribution >= 0.6 is 0 Å². The second-order valence-electron chi connectivity index (χ2n) is 6.26. The van der Waals surface area contributed by atoms with Crippen LogP contribution in [0.5, 0.6) is 11.5 Å². The van der Waals surface area contributed by atoms with Crippen molar-refractivity contribution in [1.29, 1.82) is 0 Å². The van der Waals surface area contributed by atoms with Crippen molar-refractivity contribution in [3.8, 4) is 11.5 Å². The number of anilines is 1. The van der Waals surface area contributed by atoms with Crippen molar-refractivity contribution in [2.75, 3.05) is 24.8 Å². The molecule has 2 aromatic rings. The number of benzene rings is 1. The van der Waals surface area contributed by atoms with Crippen molar-refractivity contribution in [1.82, 2.24) is 10.3 Å². The van der Waals surface area contributed by atoms with Crippen LogP contribution in [0.4, 0.5) is 5.82 Å². The van der Waals surface area contributed by atoms with Gasteiger partial charge in [0, 0.05) is 31.4 Å². The van der Waals surface area contributed by atoms with E-state index in [9.17, 15) is 4.79 Å². The van der Waals surface area contributed by atoms with Crippen LogP contribution in [0, 0.1) is 0 Å². The number of pyridine rings is 1. The predicted molar refractivity (Wildman–Crippen MR) is 101 cm³/mol. The molecule has 26 heavy (non-hydrogen) atoms. The second-order valence-corrected chi connectivity index (χ2v) is 6.26. The lowest BCUT2D eigenvalue weighted by atomic mass is 10.2. The molecular formula is C20H25N3O3. The number of hydrogen-bond acceptors (Lipinski definition) is 5. The van der Waals surface area contributed by atoms with E-state index < -0.39 is 0 Å². The molecule has 0 fully saturated rings. The largest absolute Gasteiger partial charge is 0.454 e. The van der Waals surface area contributed by atoms with E-state index in [1.165, 1.54) is 0 Å². The third-order valence-corrected chi connectivity index (χ3v) is 4.21. The minimum absolute atomic E-state index is 0.112. The van der Waals surface area contributed by atoms with Gasteiger partial charge in [-0.05, 0) is 42.7 Å². The van der Waals surface area contributed by atoms with Gasteiger partial charge in [-0.15, -0.1) is 0 Å². The molecule has 0 saturated heterocycles. The summed E-state index contributed by atoms with van der Waals surface area (Å²) in [5, 5.41) is 2.95. The normalized spacial score (nSPS) is 12.1. The third-order valence-electron chi connectivity index (χ3n) is 4.21. The van der Waals surface area contributed by atoms with Crippen molar-refractivity contribution in [3.63, 3.8) is 0 Å². The first kappa shape index (κ1) is 18.0. The smallest absolute Gasteiger partial charge is 0.251 e.